The molecule has 0 aliphatic rings. The summed E-state index contributed by atoms with van der Waals surface area (Å²) in [6.07, 6.45) is 3.01. The number of rotatable bonds is 5. The van der Waals surface area contributed by atoms with E-state index in [1.807, 2.05) is 44.2 Å². The topological polar surface area (TPSA) is 82.5 Å². The highest BCUT2D eigenvalue weighted by Gasteiger charge is 2.41. The van der Waals surface area contributed by atoms with Gasteiger partial charge < -0.3 is 5.11 Å². The molecule has 4 aromatic rings. The highest BCUT2D eigenvalue weighted by atomic mass is 16.3. The number of pyridine rings is 1. The van der Waals surface area contributed by atoms with Crippen molar-refractivity contribution in [3.05, 3.63) is 131 Å². The first-order chi connectivity index (χ1) is 16.4. The van der Waals surface area contributed by atoms with Crippen molar-refractivity contribution in [2.75, 3.05) is 5.01 Å². The number of hydrogen-bond acceptors (Lipinski definition) is 4. The Morgan fingerprint density at radius 3 is 1.76 bits per heavy atom. The van der Waals surface area contributed by atoms with Gasteiger partial charge in [0.25, 0.3) is 11.8 Å². The first-order valence-corrected chi connectivity index (χ1v) is 10.9. The lowest BCUT2D eigenvalue weighted by Crippen LogP contribution is -2.54. The number of aromatic nitrogens is 1. The molecule has 3 aromatic carbocycles. The molecule has 0 aliphatic heterocycles. The summed E-state index contributed by atoms with van der Waals surface area (Å²) < 4.78 is 0. The lowest BCUT2D eigenvalue weighted by atomic mass is 9.85. The molecule has 0 unspecified atom stereocenters. The van der Waals surface area contributed by atoms with Gasteiger partial charge in [0, 0.05) is 18.0 Å². The maximum absolute atomic E-state index is 13.8. The van der Waals surface area contributed by atoms with E-state index < -0.39 is 17.4 Å². The van der Waals surface area contributed by atoms with Crippen molar-refractivity contribution >= 4 is 17.5 Å². The van der Waals surface area contributed by atoms with E-state index in [-0.39, 0.29) is 0 Å². The number of hydrazine groups is 1. The van der Waals surface area contributed by atoms with Gasteiger partial charge in [0.2, 0.25) is 0 Å². The first-order valence-electron chi connectivity index (χ1n) is 10.9. The van der Waals surface area contributed by atoms with Crippen molar-refractivity contribution in [1.29, 1.82) is 0 Å². The molecule has 1 aromatic heterocycles. The number of nitrogens with zero attached hydrogens (tertiary/aromatic N) is 2. The van der Waals surface area contributed by atoms with Crippen LogP contribution in [-0.4, -0.2) is 21.9 Å². The fourth-order valence-corrected chi connectivity index (χ4v) is 3.63. The van der Waals surface area contributed by atoms with E-state index in [4.69, 9.17) is 0 Å². The summed E-state index contributed by atoms with van der Waals surface area (Å²) in [6, 6.07) is 26.1. The Balaban J connectivity index is 1.78. The van der Waals surface area contributed by atoms with Crippen LogP contribution in [0.3, 0.4) is 0 Å². The third-order valence-electron chi connectivity index (χ3n) is 5.63. The molecule has 0 atom stereocenters. The van der Waals surface area contributed by atoms with Crippen LogP contribution in [0.4, 0.5) is 5.69 Å². The fourth-order valence-electron chi connectivity index (χ4n) is 3.63. The van der Waals surface area contributed by atoms with E-state index >= 15 is 0 Å². The fraction of sp³-hybridized carbons (Fsp3) is 0.107. The van der Waals surface area contributed by atoms with Gasteiger partial charge in [-0.25, -0.2) is 5.01 Å². The molecule has 0 spiro atoms. The van der Waals surface area contributed by atoms with Crippen molar-refractivity contribution in [3.8, 4) is 0 Å². The molecule has 0 radical (unpaired) electrons. The Labute approximate surface area is 198 Å². The summed E-state index contributed by atoms with van der Waals surface area (Å²) in [5.41, 5.74) is 4.20. The molecule has 34 heavy (non-hydrogen) atoms. The average Bonchev–Trinajstić information content (AvgIpc) is 2.88. The molecule has 4 rings (SSSR count). The molecule has 6 nitrogen and oxygen atoms in total. The number of nitrogens with one attached hydrogen (secondary N) is 1. The van der Waals surface area contributed by atoms with Crippen LogP contribution in [0.1, 0.15) is 32.6 Å². The van der Waals surface area contributed by atoms with Gasteiger partial charge >= 0.3 is 0 Å². The quantitative estimate of drug-likeness (QED) is 0.443. The predicted molar refractivity (Wildman–Crippen MR) is 131 cm³/mol. The van der Waals surface area contributed by atoms with Crippen molar-refractivity contribution in [1.82, 2.24) is 10.4 Å². The Morgan fingerprint density at radius 1 is 0.765 bits per heavy atom. The van der Waals surface area contributed by atoms with E-state index in [1.165, 1.54) is 12.4 Å². The maximum Gasteiger partial charge on any atom is 0.280 e. The van der Waals surface area contributed by atoms with Gasteiger partial charge in [-0.05, 0) is 49.2 Å². The van der Waals surface area contributed by atoms with Gasteiger partial charge in [0.1, 0.15) is 0 Å². The predicted octanol–water partition coefficient (Wildman–Crippen LogP) is 4.31. The molecular weight excluding hydrogens is 426 g/mol. The summed E-state index contributed by atoms with van der Waals surface area (Å²) in [5, 5.41) is 13.0. The summed E-state index contributed by atoms with van der Waals surface area (Å²) in [6.45, 7) is 3.86. The maximum atomic E-state index is 13.8. The number of anilines is 1. The number of aryl methyl sites for hydroxylation is 2. The van der Waals surface area contributed by atoms with Crippen LogP contribution in [0, 0.1) is 13.8 Å². The van der Waals surface area contributed by atoms with Crippen molar-refractivity contribution in [2.24, 2.45) is 0 Å². The zero-order valence-corrected chi connectivity index (χ0v) is 19.0. The van der Waals surface area contributed by atoms with Crippen molar-refractivity contribution in [3.63, 3.8) is 0 Å². The normalized spacial score (nSPS) is 11.0. The Kier molecular flexibility index (Phi) is 6.52. The lowest BCUT2D eigenvalue weighted by molar-refractivity contribution is -0.136. The smallest absolute Gasteiger partial charge is 0.280 e. The van der Waals surface area contributed by atoms with Gasteiger partial charge in [-0.15, -0.1) is 0 Å². The average molecular weight is 452 g/mol. The highest BCUT2D eigenvalue weighted by Crippen LogP contribution is 2.31. The summed E-state index contributed by atoms with van der Waals surface area (Å²) in [7, 11) is 0. The molecule has 170 valence electrons. The second-order valence-corrected chi connectivity index (χ2v) is 8.10. The molecule has 0 saturated heterocycles. The van der Waals surface area contributed by atoms with E-state index in [9.17, 15) is 14.7 Å². The van der Waals surface area contributed by atoms with Crippen molar-refractivity contribution in [2.45, 2.75) is 19.4 Å². The van der Waals surface area contributed by atoms with Crippen molar-refractivity contribution < 1.29 is 14.7 Å². The van der Waals surface area contributed by atoms with Gasteiger partial charge in [-0.1, -0.05) is 77.9 Å². The third-order valence-corrected chi connectivity index (χ3v) is 5.63. The van der Waals surface area contributed by atoms with Crippen LogP contribution in [0.5, 0.6) is 0 Å². The number of amides is 2. The van der Waals surface area contributed by atoms with Gasteiger partial charge in [0.15, 0.2) is 5.60 Å². The standard InChI is InChI=1S/C28H25N3O3/c1-20-8-12-23(13-9-20)28(34,24-14-10-21(2)11-15-24)27(33)30-31(25-6-4-3-5-7-25)26(32)22-16-18-29-19-17-22/h3-19,34H,1-2H3,(H,30,33). The molecule has 0 bridgehead atoms. The van der Waals surface area contributed by atoms with E-state index in [0.29, 0.717) is 22.4 Å². The van der Waals surface area contributed by atoms with Crippen LogP contribution < -0.4 is 10.4 Å². The first kappa shape index (κ1) is 22.9. The van der Waals surface area contributed by atoms with E-state index in [2.05, 4.69) is 10.4 Å². The Morgan fingerprint density at radius 2 is 1.26 bits per heavy atom. The summed E-state index contributed by atoms with van der Waals surface area (Å²) in [4.78, 5) is 31.1. The summed E-state index contributed by atoms with van der Waals surface area (Å²) >= 11 is 0. The Hall–Kier alpha value is -4.29. The minimum Gasteiger partial charge on any atom is -0.372 e. The molecule has 0 aliphatic carbocycles. The number of carbonyl (C=O) groups excluding carboxylic acids is 2. The van der Waals surface area contributed by atoms with Gasteiger partial charge in [-0.2, -0.15) is 0 Å². The highest BCUT2D eigenvalue weighted by molar-refractivity contribution is 6.08. The van der Waals surface area contributed by atoms with Crippen LogP contribution in [0.2, 0.25) is 0 Å². The zero-order valence-electron chi connectivity index (χ0n) is 19.0. The molecule has 2 N–H and O–H groups in total. The van der Waals surface area contributed by atoms with E-state index in [0.717, 1.165) is 16.1 Å². The van der Waals surface area contributed by atoms with Crippen LogP contribution in [0.25, 0.3) is 0 Å². The molecule has 2 amide bonds. The number of para-hydroxylation sites is 1. The van der Waals surface area contributed by atoms with E-state index in [1.54, 1.807) is 60.7 Å². The Bertz CT molecular complexity index is 1230. The minimum absolute atomic E-state index is 0.341. The lowest BCUT2D eigenvalue weighted by Gasteiger charge is -2.32. The van der Waals surface area contributed by atoms with Gasteiger partial charge in [-0.3, -0.25) is 20.0 Å². The minimum atomic E-state index is -2.03. The second kappa shape index (κ2) is 9.68. The summed E-state index contributed by atoms with van der Waals surface area (Å²) in [5.74, 6) is -1.22. The zero-order chi connectivity index (χ0) is 24.1. The second-order valence-electron chi connectivity index (χ2n) is 8.10. The number of carbonyl (C=O) groups is 2. The number of benzene rings is 3. The number of aliphatic hydroxyl groups is 1. The third kappa shape index (κ3) is 4.58. The van der Waals surface area contributed by atoms with Crippen LogP contribution in [0.15, 0.2) is 103 Å². The molecule has 0 fully saturated rings. The van der Waals surface area contributed by atoms with Gasteiger partial charge in [0.05, 0.1) is 5.69 Å². The molecule has 0 saturated carbocycles. The largest absolute Gasteiger partial charge is 0.372 e. The molecular formula is C28H25N3O3. The molecule has 1 heterocycles. The molecule has 6 heteroatoms. The van der Waals surface area contributed by atoms with Crippen LogP contribution in [-0.2, 0) is 10.4 Å². The number of hydrogen-bond donors (Lipinski definition) is 2. The van der Waals surface area contributed by atoms with Crippen LogP contribution >= 0.6 is 0 Å². The SMILES string of the molecule is Cc1ccc(C(O)(C(=O)NN(C(=O)c2ccncc2)c2ccccc2)c2ccc(C)cc2)cc1. The monoisotopic (exact) mass is 451 g/mol.